The number of ketones is 1. The van der Waals surface area contributed by atoms with Crippen molar-refractivity contribution < 1.29 is 4.79 Å². The number of hydrogen-bond acceptors (Lipinski definition) is 1. The lowest BCUT2D eigenvalue weighted by atomic mass is 9.74. The summed E-state index contributed by atoms with van der Waals surface area (Å²) in [7, 11) is -1.74. The molecule has 0 radical (unpaired) electrons. The van der Waals surface area contributed by atoms with Gasteiger partial charge in [-0.25, -0.2) is 0 Å². The van der Waals surface area contributed by atoms with E-state index in [2.05, 4.69) is 84.2 Å². The quantitative estimate of drug-likeness (QED) is 0.343. The Bertz CT molecular complexity index is 639. The van der Waals surface area contributed by atoms with Crippen LogP contribution in [0.15, 0.2) is 30.3 Å². The van der Waals surface area contributed by atoms with E-state index < -0.39 is 8.07 Å². The van der Waals surface area contributed by atoms with Crippen LogP contribution in [0.4, 0.5) is 0 Å². The Kier molecular flexibility index (Phi) is 8.55. The van der Waals surface area contributed by atoms with Gasteiger partial charge in [0.25, 0.3) is 0 Å². The minimum Gasteiger partial charge on any atom is -0.299 e. The van der Waals surface area contributed by atoms with Crippen molar-refractivity contribution in [2.75, 3.05) is 0 Å². The Morgan fingerprint density at radius 1 is 0.926 bits per heavy atom. The average molecular weight is 385 g/mol. The van der Waals surface area contributed by atoms with Crippen molar-refractivity contribution in [3.8, 4) is 11.5 Å². The zero-order chi connectivity index (χ0) is 20.8. The summed E-state index contributed by atoms with van der Waals surface area (Å²) >= 11 is 0. The van der Waals surface area contributed by atoms with Crippen molar-refractivity contribution in [1.82, 2.24) is 0 Å². The van der Waals surface area contributed by atoms with E-state index in [4.69, 9.17) is 0 Å². The lowest BCUT2D eigenvalue weighted by Gasteiger charge is -2.38. The van der Waals surface area contributed by atoms with Crippen molar-refractivity contribution >= 4 is 13.9 Å². The molecule has 1 aromatic rings. The van der Waals surface area contributed by atoms with Crippen LogP contribution in [-0.2, 0) is 10.2 Å². The molecule has 0 amide bonds. The molecule has 27 heavy (non-hydrogen) atoms. The molecule has 150 valence electrons. The van der Waals surface area contributed by atoms with Crippen molar-refractivity contribution in [3.63, 3.8) is 0 Å². The van der Waals surface area contributed by atoms with Gasteiger partial charge in [0.1, 0.15) is 13.9 Å². The van der Waals surface area contributed by atoms with E-state index in [0.29, 0.717) is 28.8 Å². The van der Waals surface area contributed by atoms with Crippen LogP contribution in [0.25, 0.3) is 0 Å². The molecule has 1 rings (SSSR count). The van der Waals surface area contributed by atoms with Gasteiger partial charge >= 0.3 is 0 Å². The third-order valence-electron chi connectivity index (χ3n) is 6.33. The molecule has 1 nitrogen and oxygen atoms in total. The Morgan fingerprint density at radius 2 is 1.41 bits per heavy atom. The van der Waals surface area contributed by atoms with Crippen LogP contribution in [0.2, 0.25) is 16.6 Å². The highest BCUT2D eigenvalue weighted by molar-refractivity contribution is 6.90. The third kappa shape index (κ3) is 5.58. The van der Waals surface area contributed by atoms with E-state index in [1.165, 1.54) is 5.56 Å². The molecule has 0 bridgehead atoms. The maximum atomic E-state index is 12.6. The van der Waals surface area contributed by atoms with Gasteiger partial charge in [-0.1, -0.05) is 92.6 Å². The summed E-state index contributed by atoms with van der Waals surface area (Å²) in [6.07, 6.45) is 1.30. The average Bonchev–Trinajstić information content (AvgIpc) is 2.58. The van der Waals surface area contributed by atoms with E-state index in [9.17, 15) is 4.79 Å². The molecule has 0 spiro atoms. The highest BCUT2D eigenvalue weighted by atomic mass is 28.3. The molecule has 1 unspecified atom stereocenters. The summed E-state index contributed by atoms with van der Waals surface area (Å²) in [4.78, 5) is 12.6. The fourth-order valence-electron chi connectivity index (χ4n) is 4.52. The fraction of sp³-hybridized carbons (Fsp3) is 0.640. The number of carbonyl (C=O) groups is 1. The number of benzene rings is 1. The standard InChI is InChI=1S/C25H40OSi/c1-19(2)24(26)18-25(9,23-14-11-10-12-15-23)16-13-17-27(20(3)4,21(5)6)22(7)8/h10-12,14-15,19-22H,16,18H2,1-9H3. The molecule has 1 aromatic carbocycles. The van der Waals surface area contributed by atoms with E-state index in [1.54, 1.807) is 0 Å². The molecule has 1 atom stereocenters. The lowest BCUT2D eigenvalue weighted by Crippen LogP contribution is -2.43. The molecule has 0 N–H and O–H groups in total. The first-order valence-corrected chi connectivity index (χ1v) is 12.8. The molecule has 0 aliphatic rings. The van der Waals surface area contributed by atoms with E-state index >= 15 is 0 Å². The molecule has 0 heterocycles. The van der Waals surface area contributed by atoms with Gasteiger partial charge in [-0.05, 0) is 22.2 Å². The van der Waals surface area contributed by atoms with Crippen LogP contribution >= 0.6 is 0 Å². The summed E-state index contributed by atoms with van der Waals surface area (Å²) in [6, 6.07) is 10.5. The molecule has 0 saturated carbocycles. The van der Waals surface area contributed by atoms with Crippen LogP contribution in [0.3, 0.4) is 0 Å². The molecule has 0 fully saturated rings. The molecule has 0 saturated heterocycles. The SMILES string of the molecule is CC(C)C(=O)CC(C)(CC#C[Si](C(C)C)(C(C)C)C(C)C)c1ccccc1. The van der Waals surface area contributed by atoms with Crippen molar-refractivity contribution in [2.24, 2.45) is 5.92 Å². The summed E-state index contributed by atoms with van der Waals surface area (Å²) in [5.41, 5.74) is 6.73. The van der Waals surface area contributed by atoms with E-state index in [1.807, 2.05) is 19.9 Å². The Balaban J connectivity index is 3.29. The van der Waals surface area contributed by atoms with Gasteiger partial charge < -0.3 is 0 Å². The first-order valence-electron chi connectivity index (χ1n) is 10.6. The van der Waals surface area contributed by atoms with Crippen molar-refractivity contribution in [2.45, 2.75) is 97.2 Å². The smallest absolute Gasteiger partial charge is 0.145 e. The van der Waals surface area contributed by atoms with Gasteiger partial charge in [0.15, 0.2) is 0 Å². The fourth-order valence-corrected chi connectivity index (χ4v) is 9.78. The monoisotopic (exact) mass is 384 g/mol. The summed E-state index contributed by atoms with van der Waals surface area (Å²) in [6.45, 7) is 20.3. The van der Waals surface area contributed by atoms with Gasteiger partial charge in [0.05, 0.1) is 0 Å². The van der Waals surface area contributed by atoms with Crippen molar-refractivity contribution in [3.05, 3.63) is 35.9 Å². The number of carbonyl (C=O) groups excluding carboxylic acids is 1. The second kappa shape index (κ2) is 9.74. The van der Waals surface area contributed by atoms with Gasteiger partial charge in [-0.15, -0.1) is 11.5 Å². The topological polar surface area (TPSA) is 17.1 Å². The van der Waals surface area contributed by atoms with Crippen LogP contribution in [-0.4, -0.2) is 13.9 Å². The maximum absolute atomic E-state index is 12.6. The summed E-state index contributed by atoms with van der Waals surface area (Å²) < 4.78 is 0. The molecule has 0 aromatic heterocycles. The predicted octanol–water partition coefficient (Wildman–Crippen LogP) is 7.17. The zero-order valence-electron chi connectivity index (χ0n) is 19.0. The van der Waals surface area contributed by atoms with Crippen molar-refractivity contribution in [1.29, 1.82) is 0 Å². The van der Waals surface area contributed by atoms with Crippen LogP contribution in [0.5, 0.6) is 0 Å². The molecular weight excluding hydrogens is 344 g/mol. The Labute approximate surface area is 169 Å². The normalized spacial score (nSPS) is 14.4. The van der Waals surface area contributed by atoms with E-state index in [-0.39, 0.29) is 11.3 Å². The first-order chi connectivity index (χ1) is 12.5. The second-order valence-corrected chi connectivity index (χ2v) is 15.2. The van der Waals surface area contributed by atoms with Gasteiger partial charge in [-0.3, -0.25) is 4.79 Å². The van der Waals surface area contributed by atoms with E-state index in [0.717, 1.165) is 6.42 Å². The highest BCUT2D eigenvalue weighted by Gasteiger charge is 2.41. The van der Waals surface area contributed by atoms with Gasteiger partial charge in [0.2, 0.25) is 0 Å². The number of hydrogen-bond donors (Lipinski definition) is 0. The molecular formula is C25H40OSi. The zero-order valence-corrected chi connectivity index (χ0v) is 20.0. The van der Waals surface area contributed by atoms with Gasteiger partial charge in [-0.2, -0.15) is 0 Å². The molecule has 0 aliphatic heterocycles. The number of Topliss-reactive ketones (excluding diaryl/α,β-unsaturated/α-hetero) is 1. The summed E-state index contributed by atoms with van der Waals surface area (Å²) in [5, 5.41) is 0. The highest BCUT2D eigenvalue weighted by Crippen LogP contribution is 2.41. The number of rotatable bonds is 8. The molecule has 2 heteroatoms. The first kappa shape index (κ1) is 23.7. The van der Waals surface area contributed by atoms with Crippen LogP contribution in [0.1, 0.15) is 80.7 Å². The minimum absolute atomic E-state index is 0.0662. The Hall–Kier alpha value is -1.33. The van der Waals surface area contributed by atoms with Gasteiger partial charge in [0, 0.05) is 24.2 Å². The minimum atomic E-state index is -1.74. The Morgan fingerprint density at radius 3 is 1.81 bits per heavy atom. The van der Waals surface area contributed by atoms with Crippen LogP contribution < -0.4 is 0 Å². The largest absolute Gasteiger partial charge is 0.299 e. The second-order valence-electron chi connectivity index (χ2n) is 9.60. The third-order valence-corrected chi connectivity index (χ3v) is 12.7. The van der Waals surface area contributed by atoms with Crippen LogP contribution in [0, 0.1) is 17.4 Å². The lowest BCUT2D eigenvalue weighted by molar-refractivity contribution is -0.123. The maximum Gasteiger partial charge on any atom is 0.145 e. The molecule has 0 aliphatic carbocycles. The predicted molar refractivity (Wildman–Crippen MR) is 122 cm³/mol. The summed E-state index contributed by atoms with van der Waals surface area (Å²) in [5.74, 6) is 4.00.